The molecule has 5 nitrogen and oxygen atoms in total. The molecule has 0 aliphatic heterocycles. The van der Waals surface area contributed by atoms with Crippen molar-refractivity contribution in [3.05, 3.63) is 42.0 Å². The van der Waals surface area contributed by atoms with Gasteiger partial charge < -0.3 is 9.26 Å². The number of carbonyl (C=O) groups excluding carboxylic acids is 1. The van der Waals surface area contributed by atoms with E-state index >= 15 is 0 Å². The molecule has 0 unspecified atom stereocenters. The van der Waals surface area contributed by atoms with Gasteiger partial charge in [0, 0.05) is 18.3 Å². The van der Waals surface area contributed by atoms with Crippen molar-refractivity contribution in [2.45, 2.75) is 46.6 Å². The van der Waals surface area contributed by atoms with Crippen LogP contribution in [0.2, 0.25) is 0 Å². The second kappa shape index (κ2) is 7.20. The number of nitrogens with zero attached hydrogens (tertiary/aromatic N) is 2. The second-order valence-corrected chi connectivity index (χ2v) is 6.23. The molecular weight excluding hydrogens is 280 g/mol. The van der Waals surface area contributed by atoms with Crippen LogP contribution in [0.3, 0.4) is 0 Å². The molecule has 2 rings (SSSR count). The van der Waals surface area contributed by atoms with E-state index in [9.17, 15) is 4.79 Å². The Morgan fingerprint density at radius 1 is 1.23 bits per heavy atom. The zero-order valence-electron chi connectivity index (χ0n) is 13.3. The van der Waals surface area contributed by atoms with Gasteiger partial charge in [0.1, 0.15) is 11.5 Å². The third kappa shape index (κ3) is 4.98. The van der Waals surface area contributed by atoms with Crippen molar-refractivity contribution >= 4 is 5.78 Å². The first-order valence-electron chi connectivity index (χ1n) is 7.48. The lowest BCUT2D eigenvalue weighted by molar-refractivity contribution is -0.126. The lowest BCUT2D eigenvalue weighted by Crippen LogP contribution is -2.19. The fourth-order valence-electron chi connectivity index (χ4n) is 1.89. The summed E-state index contributed by atoms with van der Waals surface area (Å²) in [5, 5.41) is 3.88. The third-order valence-electron chi connectivity index (χ3n) is 3.25. The molecule has 1 aromatic carbocycles. The number of aryl methyl sites for hydroxylation is 1. The maximum atomic E-state index is 11.8. The number of rotatable bonds is 7. The zero-order valence-corrected chi connectivity index (χ0v) is 13.3. The highest BCUT2D eigenvalue weighted by molar-refractivity contribution is 5.83. The molecule has 22 heavy (non-hydrogen) atoms. The highest BCUT2D eigenvalue weighted by atomic mass is 16.5. The molecule has 0 bridgehead atoms. The van der Waals surface area contributed by atoms with Crippen molar-refractivity contribution in [2.24, 2.45) is 5.41 Å². The minimum Gasteiger partial charge on any atom is -0.485 e. The van der Waals surface area contributed by atoms with Gasteiger partial charge >= 0.3 is 0 Å². The van der Waals surface area contributed by atoms with Gasteiger partial charge in [0.15, 0.2) is 6.61 Å². The predicted molar refractivity (Wildman–Crippen MR) is 82.5 cm³/mol. The normalized spacial score (nSPS) is 11.4. The maximum absolute atomic E-state index is 11.8. The van der Waals surface area contributed by atoms with Crippen LogP contribution in [-0.4, -0.2) is 15.9 Å². The fourth-order valence-corrected chi connectivity index (χ4v) is 1.89. The van der Waals surface area contributed by atoms with Gasteiger partial charge in [-0.05, 0) is 18.6 Å². The predicted octanol–water partition coefficient (Wildman–Crippen LogP) is 3.59. The van der Waals surface area contributed by atoms with E-state index in [1.165, 1.54) is 0 Å². The monoisotopic (exact) mass is 302 g/mol. The standard InChI is InChI=1S/C17H22N2O3/c1-17(2,3)14(20)10-7-11-16-18-15(19-22-16)12-21-13-8-5-4-6-9-13/h4-6,8-9H,7,10-12H2,1-3H3. The molecule has 0 saturated carbocycles. The van der Waals surface area contributed by atoms with Crippen molar-refractivity contribution in [3.63, 3.8) is 0 Å². The zero-order chi connectivity index (χ0) is 16.0. The van der Waals surface area contributed by atoms with E-state index < -0.39 is 0 Å². The average molecular weight is 302 g/mol. The van der Waals surface area contributed by atoms with Gasteiger partial charge in [0.2, 0.25) is 11.7 Å². The molecular formula is C17H22N2O3. The molecule has 0 amide bonds. The Kier molecular flexibility index (Phi) is 5.31. The number of ether oxygens (including phenoxy) is 1. The Labute approximate surface area is 130 Å². The van der Waals surface area contributed by atoms with Crippen LogP contribution in [0.15, 0.2) is 34.9 Å². The van der Waals surface area contributed by atoms with Gasteiger partial charge in [-0.2, -0.15) is 4.98 Å². The molecule has 0 saturated heterocycles. The summed E-state index contributed by atoms with van der Waals surface area (Å²) >= 11 is 0. The molecule has 0 spiro atoms. The van der Waals surface area contributed by atoms with E-state index in [1.807, 2.05) is 51.1 Å². The van der Waals surface area contributed by atoms with Gasteiger partial charge in [-0.25, -0.2) is 0 Å². The lowest BCUT2D eigenvalue weighted by Gasteiger charge is -2.15. The van der Waals surface area contributed by atoms with Gasteiger partial charge in [-0.1, -0.05) is 44.1 Å². The first-order chi connectivity index (χ1) is 10.4. The topological polar surface area (TPSA) is 65.2 Å². The van der Waals surface area contributed by atoms with Crippen LogP contribution in [0, 0.1) is 5.41 Å². The molecule has 0 aliphatic carbocycles. The number of Topliss-reactive ketones (excluding diaryl/α,β-unsaturated/α-hetero) is 1. The quantitative estimate of drug-likeness (QED) is 0.782. The molecule has 5 heteroatoms. The summed E-state index contributed by atoms with van der Waals surface area (Å²) in [6, 6.07) is 9.49. The number of ketones is 1. The third-order valence-corrected chi connectivity index (χ3v) is 3.25. The summed E-state index contributed by atoms with van der Waals surface area (Å²) in [5.41, 5.74) is -0.288. The summed E-state index contributed by atoms with van der Waals surface area (Å²) < 4.78 is 10.7. The Hall–Kier alpha value is -2.17. The van der Waals surface area contributed by atoms with Crippen LogP contribution in [0.25, 0.3) is 0 Å². The second-order valence-electron chi connectivity index (χ2n) is 6.23. The summed E-state index contributed by atoms with van der Waals surface area (Å²) in [4.78, 5) is 16.1. The van der Waals surface area contributed by atoms with Crippen LogP contribution in [-0.2, 0) is 17.8 Å². The Balaban J connectivity index is 1.76. The van der Waals surface area contributed by atoms with Crippen molar-refractivity contribution in [1.29, 1.82) is 0 Å². The van der Waals surface area contributed by atoms with E-state index in [1.54, 1.807) is 0 Å². The van der Waals surface area contributed by atoms with E-state index in [0.29, 0.717) is 24.6 Å². The van der Waals surface area contributed by atoms with E-state index in [2.05, 4.69) is 10.1 Å². The van der Waals surface area contributed by atoms with Crippen molar-refractivity contribution in [2.75, 3.05) is 0 Å². The Morgan fingerprint density at radius 3 is 2.64 bits per heavy atom. The van der Waals surface area contributed by atoms with Crippen LogP contribution >= 0.6 is 0 Å². The Morgan fingerprint density at radius 2 is 1.95 bits per heavy atom. The highest BCUT2D eigenvalue weighted by Crippen LogP contribution is 2.18. The van der Waals surface area contributed by atoms with Crippen molar-refractivity contribution in [1.82, 2.24) is 10.1 Å². The molecule has 1 aromatic heterocycles. The summed E-state index contributed by atoms with van der Waals surface area (Å²) in [6.45, 7) is 6.07. The molecule has 0 N–H and O–H groups in total. The maximum Gasteiger partial charge on any atom is 0.226 e. The first kappa shape index (κ1) is 16.2. The van der Waals surface area contributed by atoms with Crippen molar-refractivity contribution in [3.8, 4) is 5.75 Å². The first-order valence-corrected chi connectivity index (χ1v) is 7.48. The molecule has 1 heterocycles. The fraction of sp³-hybridized carbons (Fsp3) is 0.471. The summed E-state index contributed by atoms with van der Waals surface area (Å²) in [6.07, 6.45) is 1.86. The van der Waals surface area contributed by atoms with Crippen LogP contribution in [0.4, 0.5) is 0 Å². The summed E-state index contributed by atoms with van der Waals surface area (Å²) in [5.74, 6) is 2.08. The van der Waals surface area contributed by atoms with E-state index in [4.69, 9.17) is 9.26 Å². The number of hydrogen-bond acceptors (Lipinski definition) is 5. The number of benzene rings is 1. The van der Waals surface area contributed by atoms with Crippen LogP contribution in [0.5, 0.6) is 5.75 Å². The number of aromatic nitrogens is 2. The molecule has 118 valence electrons. The van der Waals surface area contributed by atoms with Gasteiger partial charge in [0.05, 0.1) is 0 Å². The Bertz CT molecular complexity index is 600. The minimum atomic E-state index is -0.288. The smallest absolute Gasteiger partial charge is 0.226 e. The molecule has 0 atom stereocenters. The van der Waals surface area contributed by atoms with Crippen LogP contribution in [0.1, 0.15) is 45.3 Å². The van der Waals surface area contributed by atoms with Crippen molar-refractivity contribution < 1.29 is 14.1 Å². The van der Waals surface area contributed by atoms with Gasteiger partial charge in [-0.15, -0.1) is 0 Å². The number of para-hydroxylation sites is 1. The minimum absolute atomic E-state index is 0.250. The van der Waals surface area contributed by atoms with E-state index in [0.717, 1.165) is 12.2 Å². The van der Waals surface area contributed by atoms with Gasteiger partial charge in [0.25, 0.3) is 0 Å². The number of hydrogen-bond donors (Lipinski definition) is 0. The van der Waals surface area contributed by atoms with E-state index in [-0.39, 0.29) is 17.8 Å². The average Bonchev–Trinajstić information content (AvgIpc) is 2.93. The summed E-state index contributed by atoms with van der Waals surface area (Å²) in [7, 11) is 0. The molecule has 2 aromatic rings. The van der Waals surface area contributed by atoms with Crippen LogP contribution < -0.4 is 4.74 Å². The lowest BCUT2D eigenvalue weighted by atomic mass is 9.88. The highest BCUT2D eigenvalue weighted by Gasteiger charge is 2.20. The van der Waals surface area contributed by atoms with Gasteiger partial charge in [-0.3, -0.25) is 4.79 Å². The number of carbonyl (C=O) groups is 1. The molecule has 0 radical (unpaired) electrons. The molecule has 0 fully saturated rings. The largest absolute Gasteiger partial charge is 0.485 e. The molecule has 0 aliphatic rings. The SMILES string of the molecule is CC(C)(C)C(=O)CCCc1nc(COc2ccccc2)no1.